The van der Waals surface area contributed by atoms with Crippen molar-refractivity contribution in [1.82, 2.24) is 4.72 Å². The van der Waals surface area contributed by atoms with E-state index in [0.29, 0.717) is 5.56 Å². The second-order valence-corrected chi connectivity index (χ2v) is 10.7. The molecule has 0 aliphatic carbocycles. The molecule has 3 aromatic rings. The third-order valence-electron chi connectivity index (χ3n) is 6.22. The number of esters is 2. The maximum absolute atomic E-state index is 14.8. The molecule has 10 heteroatoms. The highest BCUT2D eigenvalue weighted by atomic mass is 35.5. The molecule has 0 aliphatic rings. The average molecular weight is 548 g/mol. The molecule has 196 valence electrons. The Morgan fingerprint density at radius 3 is 2.24 bits per heavy atom. The standard InChI is InChI=1S/C27H27ClFNO6S/c1-15-11-13-21(29)23(16(15)2)18(4)24(27(32)35-5)30-37(33,34)22-14-12-20(28)17(3)25(22)36-26(31)19-9-7-6-8-10-19/h6-14,18,24,30H,1-5H3/t18?,24-/m0/s1. The van der Waals surface area contributed by atoms with Crippen LogP contribution in [0.4, 0.5) is 4.39 Å². The van der Waals surface area contributed by atoms with Crippen LogP contribution in [0.15, 0.2) is 59.5 Å². The van der Waals surface area contributed by atoms with Gasteiger partial charge in [-0.1, -0.05) is 42.8 Å². The van der Waals surface area contributed by atoms with Crippen LogP contribution >= 0.6 is 11.6 Å². The summed E-state index contributed by atoms with van der Waals surface area (Å²) in [7, 11) is -3.40. The van der Waals surface area contributed by atoms with E-state index in [1.807, 2.05) is 0 Å². The normalized spacial score (nSPS) is 13.1. The second kappa shape index (κ2) is 11.4. The minimum absolute atomic E-state index is 0.171. The lowest BCUT2D eigenvalue weighted by molar-refractivity contribution is -0.143. The van der Waals surface area contributed by atoms with E-state index in [1.165, 1.54) is 44.2 Å². The summed E-state index contributed by atoms with van der Waals surface area (Å²) in [4.78, 5) is 25.1. The minimum Gasteiger partial charge on any atom is -0.468 e. The fourth-order valence-corrected chi connectivity index (χ4v) is 5.55. The predicted molar refractivity (Wildman–Crippen MR) is 138 cm³/mol. The fourth-order valence-electron chi connectivity index (χ4n) is 3.95. The average Bonchev–Trinajstić information content (AvgIpc) is 2.87. The van der Waals surface area contributed by atoms with Crippen LogP contribution in [0.1, 0.15) is 45.5 Å². The quantitative estimate of drug-likeness (QED) is 0.305. The number of hydrogen-bond acceptors (Lipinski definition) is 6. The van der Waals surface area contributed by atoms with Crippen molar-refractivity contribution in [2.75, 3.05) is 7.11 Å². The summed E-state index contributed by atoms with van der Waals surface area (Å²) in [5.74, 6) is -3.51. The smallest absolute Gasteiger partial charge is 0.343 e. The molecule has 0 aliphatic heterocycles. The van der Waals surface area contributed by atoms with Gasteiger partial charge in [0, 0.05) is 16.5 Å². The zero-order chi connectivity index (χ0) is 27.5. The number of methoxy groups -OCH3 is 1. The Morgan fingerprint density at radius 2 is 1.62 bits per heavy atom. The van der Waals surface area contributed by atoms with Crippen LogP contribution in [0.25, 0.3) is 0 Å². The van der Waals surface area contributed by atoms with Crippen LogP contribution in [-0.2, 0) is 19.6 Å². The summed E-state index contributed by atoms with van der Waals surface area (Å²) in [6, 6.07) is 11.9. The van der Waals surface area contributed by atoms with E-state index in [9.17, 15) is 22.4 Å². The van der Waals surface area contributed by atoms with Gasteiger partial charge in [-0.25, -0.2) is 17.6 Å². The maximum Gasteiger partial charge on any atom is 0.343 e. The molecule has 0 radical (unpaired) electrons. The Bertz CT molecular complexity index is 1440. The van der Waals surface area contributed by atoms with E-state index in [4.69, 9.17) is 21.1 Å². The number of rotatable bonds is 8. The number of halogens is 2. The van der Waals surface area contributed by atoms with Gasteiger partial charge < -0.3 is 9.47 Å². The largest absolute Gasteiger partial charge is 0.468 e. The highest BCUT2D eigenvalue weighted by Crippen LogP contribution is 2.35. The number of ether oxygens (including phenoxy) is 2. The maximum atomic E-state index is 14.8. The summed E-state index contributed by atoms with van der Waals surface area (Å²) in [5.41, 5.74) is 1.95. The van der Waals surface area contributed by atoms with E-state index in [1.54, 1.807) is 38.1 Å². The van der Waals surface area contributed by atoms with Gasteiger partial charge in [0.25, 0.3) is 0 Å². The van der Waals surface area contributed by atoms with Gasteiger partial charge in [-0.2, -0.15) is 4.72 Å². The SMILES string of the molecule is COC(=O)[C@@H](NS(=O)(=O)c1ccc(Cl)c(C)c1OC(=O)c1ccccc1)C(C)c1c(F)ccc(C)c1C. The van der Waals surface area contributed by atoms with Gasteiger partial charge in [0.2, 0.25) is 10.0 Å². The van der Waals surface area contributed by atoms with E-state index >= 15 is 0 Å². The highest BCUT2D eigenvalue weighted by molar-refractivity contribution is 7.89. The van der Waals surface area contributed by atoms with Crippen molar-refractivity contribution in [1.29, 1.82) is 0 Å². The molecule has 2 atom stereocenters. The second-order valence-electron chi connectivity index (χ2n) is 8.57. The Hall–Kier alpha value is -3.27. The van der Waals surface area contributed by atoms with Crippen molar-refractivity contribution in [2.24, 2.45) is 0 Å². The molecule has 0 amide bonds. The molecular formula is C27H27ClFNO6S. The Labute approximate surface area is 220 Å². The first kappa shape index (κ1) is 28.3. The number of carbonyl (C=O) groups is 2. The predicted octanol–water partition coefficient (Wildman–Crippen LogP) is 5.25. The molecule has 3 rings (SSSR count). The Kier molecular flexibility index (Phi) is 8.73. The van der Waals surface area contributed by atoms with Gasteiger partial charge in [-0.05, 0) is 67.8 Å². The number of nitrogens with one attached hydrogen (secondary N) is 1. The van der Waals surface area contributed by atoms with Crippen LogP contribution in [0.5, 0.6) is 5.75 Å². The first-order chi connectivity index (χ1) is 17.4. The molecule has 0 fully saturated rings. The van der Waals surface area contributed by atoms with Gasteiger partial charge in [0.05, 0.1) is 12.7 Å². The third kappa shape index (κ3) is 6.01. The molecule has 37 heavy (non-hydrogen) atoms. The van der Waals surface area contributed by atoms with Crippen molar-refractivity contribution in [3.63, 3.8) is 0 Å². The van der Waals surface area contributed by atoms with Crippen molar-refractivity contribution in [2.45, 2.75) is 44.6 Å². The molecule has 0 heterocycles. The van der Waals surface area contributed by atoms with Gasteiger partial charge >= 0.3 is 11.9 Å². The van der Waals surface area contributed by atoms with Gasteiger partial charge in [0.15, 0.2) is 5.75 Å². The number of carbonyl (C=O) groups excluding carboxylic acids is 2. The van der Waals surface area contributed by atoms with Crippen molar-refractivity contribution in [3.05, 3.63) is 93.3 Å². The van der Waals surface area contributed by atoms with E-state index < -0.39 is 44.6 Å². The van der Waals surface area contributed by atoms with E-state index in [2.05, 4.69) is 4.72 Å². The molecule has 1 N–H and O–H groups in total. The van der Waals surface area contributed by atoms with Crippen LogP contribution in [-0.4, -0.2) is 33.5 Å². The highest BCUT2D eigenvalue weighted by Gasteiger charge is 2.36. The van der Waals surface area contributed by atoms with Gasteiger partial charge in [-0.3, -0.25) is 4.79 Å². The summed E-state index contributed by atoms with van der Waals surface area (Å²) in [5, 5.41) is 0.171. The number of hydrogen-bond donors (Lipinski definition) is 1. The number of aryl methyl sites for hydroxylation is 1. The van der Waals surface area contributed by atoms with Gasteiger partial charge in [0.1, 0.15) is 16.8 Å². The zero-order valence-electron chi connectivity index (χ0n) is 21.0. The number of benzene rings is 3. The molecular weight excluding hydrogens is 521 g/mol. The topological polar surface area (TPSA) is 98.8 Å². The minimum atomic E-state index is -4.51. The zero-order valence-corrected chi connectivity index (χ0v) is 22.5. The van der Waals surface area contributed by atoms with Crippen LogP contribution in [0.2, 0.25) is 5.02 Å². The molecule has 0 spiro atoms. The van der Waals surface area contributed by atoms with Crippen LogP contribution < -0.4 is 9.46 Å². The van der Waals surface area contributed by atoms with Crippen LogP contribution in [0, 0.1) is 26.6 Å². The summed E-state index contributed by atoms with van der Waals surface area (Å²) >= 11 is 6.20. The van der Waals surface area contributed by atoms with Crippen molar-refractivity contribution < 1.29 is 31.9 Å². The lowest BCUT2D eigenvalue weighted by Crippen LogP contribution is -2.45. The van der Waals surface area contributed by atoms with E-state index in [0.717, 1.165) is 12.7 Å². The molecule has 0 aromatic heterocycles. The summed E-state index contributed by atoms with van der Waals surface area (Å²) in [6.45, 7) is 6.50. The molecule has 7 nitrogen and oxygen atoms in total. The molecule has 0 saturated carbocycles. The van der Waals surface area contributed by atoms with E-state index in [-0.39, 0.29) is 27.5 Å². The fraction of sp³-hybridized carbons (Fsp3) is 0.259. The van der Waals surface area contributed by atoms with Crippen LogP contribution in [0.3, 0.4) is 0 Å². The first-order valence-electron chi connectivity index (χ1n) is 11.3. The lowest BCUT2D eigenvalue weighted by atomic mass is 9.88. The Balaban J connectivity index is 2.06. The summed E-state index contributed by atoms with van der Waals surface area (Å²) in [6.07, 6.45) is 0. The Morgan fingerprint density at radius 1 is 0.973 bits per heavy atom. The monoisotopic (exact) mass is 547 g/mol. The molecule has 3 aromatic carbocycles. The van der Waals surface area contributed by atoms with Gasteiger partial charge in [-0.15, -0.1) is 0 Å². The lowest BCUT2D eigenvalue weighted by Gasteiger charge is -2.26. The van der Waals surface area contributed by atoms with Crippen molar-refractivity contribution >= 4 is 33.6 Å². The molecule has 0 saturated heterocycles. The third-order valence-corrected chi connectivity index (χ3v) is 8.10. The molecule has 1 unspecified atom stereocenters. The number of sulfonamides is 1. The first-order valence-corrected chi connectivity index (χ1v) is 13.2. The molecule has 0 bridgehead atoms. The summed E-state index contributed by atoms with van der Waals surface area (Å²) < 4.78 is 54.7. The van der Waals surface area contributed by atoms with Crippen molar-refractivity contribution in [3.8, 4) is 5.75 Å².